The number of carbonyl (C=O) groups excluding carboxylic acids is 1. The highest BCUT2D eigenvalue weighted by molar-refractivity contribution is 7.89. The Hall–Kier alpha value is -3.03. The Morgan fingerprint density at radius 1 is 1.23 bits per heavy atom. The smallest absolute Gasteiger partial charge is 0.289 e. The summed E-state index contributed by atoms with van der Waals surface area (Å²) in [6.45, 7) is 0.371. The fourth-order valence-corrected chi connectivity index (χ4v) is 4.23. The molecule has 0 aliphatic rings. The molecule has 0 saturated carbocycles. The van der Waals surface area contributed by atoms with E-state index in [0.717, 1.165) is 25.1 Å². The molecule has 1 amide bonds. The number of amides is 1. The van der Waals surface area contributed by atoms with Gasteiger partial charge in [-0.1, -0.05) is 24.3 Å². The first kappa shape index (κ1) is 23.3. The Balaban J connectivity index is 2.60. The highest BCUT2D eigenvalue weighted by Gasteiger charge is 2.37. The summed E-state index contributed by atoms with van der Waals surface area (Å²) in [5, 5.41) is 20.1. The lowest BCUT2D eigenvalue weighted by Gasteiger charge is -2.27. The third-order valence-corrected chi connectivity index (χ3v) is 6.12. The number of nitrogens with zero attached hydrogens (tertiary/aromatic N) is 2. The third kappa shape index (κ3) is 4.93. The minimum atomic E-state index is -4.82. The maximum absolute atomic E-state index is 13.1. The van der Waals surface area contributed by atoms with E-state index in [1.54, 1.807) is 0 Å². The van der Waals surface area contributed by atoms with Gasteiger partial charge in [0.1, 0.15) is 6.04 Å². The van der Waals surface area contributed by atoms with Gasteiger partial charge in [0.05, 0.1) is 15.4 Å². The molecule has 0 spiro atoms. The van der Waals surface area contributed by atoms with E-state index in [1.165, 1.54) is 23.7 Å². The first-order chi connectivity index (χ1) is 13.9. The number of halogens is 3. The summed E-state index contributed by atoms with van der Waals surface area (Å²) in [6, 6.07) is 6.36. The van der Waals surface area contributed by atoms with Crippen LogP contribution in [0.3, 0.4) is 0 Å². The lowest BCUT2D eigenvalue weighted by atomic mass is 10.1. The molecule has 9 nitrogen and oxygen atoms in total. The van der Waals surface area contributed by atoms with Crippen LogP contribution < -0.4 is 5.48 Å². The summed E-state index contributed by atoms with van der Waals surface area (Å²) in [6.07, 6.45) is -4.82. The number of sulfonamides is 1. The van der Waals surface area contributed by atoms with Crippen molar-refractivity contribution < 1.29 is 36.5 Å². The second-order valence-electron chi connectivity index (χ2n) is 6.11. The van der Waals surface area contributed by atoms with Gasteiger partial charge in [-0.15, -0.1) is 0 Å². The van der Waals surface area contributed by atoms with Crippen molar-refractivity contribution in [3.05, 3.63) is 69.8 Å². The molecule has 13 heteroatoms. The van der Waals surface area contributed by atoms with Crippen molar-refractivity contribution in [1.29, 1.82) is 0 Å². The molecule has 0 fully saturated rings. The number of nitrogens with one attached hydrogen (secondary N) is 1. The number of rotatable bonds is 7. The Bertz CT molecular complexity index is 1060. The van der Waals surface area contributed by atoms with Crippen LogP contribution in [0, 0.1) is 10.1 Å². The summed E-state index contributed by atoms with van der Waals surface area (Å²) in [5.74, 6) is -1.18. The lowest BCUT2D eigenvalue weighted by Crippen LogP contribution is -2.46. The minimum absolute atomic E-state index is 0.101. The highest BCUT2D eigenvalue weighted by Crippen LogP contribution is 2.32. The molecule has 2 aromatic carbocycles. The molecule has 0 radical (unpaired) electrons. The van der Waals surface area contributed by atoms with Crippen molar-refractivity contribution in [3.8, 4) is 0 Å². The standard InChI is InChI=1S/C17H16F3N3O6S/c1-11(16(24)21-25)22(10-12-5-2-3-8-15(12)23(26)27)30(28,29)14-7-4-6-13(9-14)17(18,19)20/h2-9,11,25H,10H2,1H3,(H,21,24)/t11-/m0/s1. The topological polar surface area (TPSA) is 130 Å². The van der Waals surface area contributed by atoms with Gasteiger partial charge in [-0.3, -0.25) is 20.1 Å². The second-order valence-corrected chi connectivity index (χ2v) is 8.00. The average molecular weight is 447 g/mol. The van der Waals surface area contributed by atoms with E-state index < -0.39 is 55.8 Å². The normalized spacial score (nSPS) is 13.1. The van der Waals surface area contributed by atoms with Crippen molar-refractivity contribution in [2.24, 2.45) is 0 Å². The van der Waals surface area contributed by atoms with E-state index in [0.29, 0.717) is 16.4 Å². The first-order valence-electron chi connectivity index (χ1n) is 8.25. The van der Waals surface area contributed by atoms with Crippen LogP contribution in [-0.4, -0.2) is 34.8 Å². The second kappa shape index (κ2) is 8.77. The molecule has 0 aromatic heterocycles. The summed E-state index contributed by atoms with van der Waals surface area (Å²) < 4.78 is 65.7. The Kier molecular flexibility index (Phi) is 6.80. The number of nitro groups is 1. The van der Waals surface area contributed by atoms with E-state index >= 15 is 0 Å². The number of hydrogen-bond acceptors (Lipinski definition) is 6. The van der Waals surface area contributed by atoms with Gasteiger partial charge in [-0.25, -0.2) is 13.9 Å². The van der Waals surface area contributed by atoms with Gasteiger partial charge in [-0.05, 0) is 25.1 Å². The summed E-state index contributed by atoms with van der Waals surface area (Å²) >= 11 is 0. The van der Waals surface area contributed by atoms with Crippen molar-refractivity contribution in [3.63, 3.8) is 0 Å². The van der Waals surface area contributed by atoms with Gasteiger partial charge in [0.25, 0.3) is 11.6 Å². The zero-order valence-corrected chi connectivity index (χ0v) is 16.1. The van der Waals surface area contributed by atoms with Crippen LogP contribution in [0.2, 0.25) is 0 Å². The van der Waals surface area contributed by atoms with Crippen LogP contribution >= 0.6 is 0 Å². The van der Waals surface area contributed by atoms with Gasteiger partial charge in [0, 0.05) is 18.2 Å². The molecular formula is C17H16F3N3O6S. The van der Waals surface area contributed by atoms with Crippen LogP contribution in [0.25, 0.3) is 0 Å². The highest BCUT2D eigenvalue weighted by atomic mass is 32.2. The molecule has 2 N–H and O–H groups in total. The van der Waals surface area contributed by atoms with Crippen LogP contribution in [0.4, 0.5) is 18.9 Å². The van der Waals surface area contributed by atoms with Crippen molar-refractivity contribution in [2.75, 3.05) is 0 Å². The monoisotopic (exact) mass is 447 g/mol. The average Bonchev–Trinajstić information content (AvgIpc) is 2.70. The number of hydroxylamine groups is 1. The van der Waals surface area contributed by atoms with E-state index in [2.05, 4.69) is 0 Å². The van der Waals surface area contributed by atoms with E-state index in [4.69, 9.17) is 5.21 Å². The quantitative estimate of drug-likeness (QED) is 0.381. The number of benzene rings is 2. The molecule has 0 unspecified atom stereocenters. The molecule has 2 rings (SSSR count). The lowest BCUT2D eigenvalue weighted by molar-refractivity contribution is -0.385. The van der Waals surface area contributed by atoms with Crippen molar-refractivity contribution in [2.45, 2.75) is 30.6 Å². The van der Waals surface area contributed by atoms with Gasteiger partial charge in [0.15, 0.2) is 0 Å². The van der Waals surface area contributed by atoms with Gasteiger partial charge >= 0.3 is 6.18 Å². The molecule has 0 saturated heterocycles. The van der Waals surface area contributed by atoms with Crippen LogP contribution in [0.5, 0.6) is 0 Å². The Morgan fingerprint density at radius 2 is 1.87 bits per heavy atom. The molecule has 0 heterocycles. The van der Waals surface area contributed by atoms with Gasteiger partial charge in [-0.2, -0.15) is 17.5 Å². The molecule has 30 heavy (non-hydrogen) atoms. The van der Waals surface area contributed by atoms with Gasteiger partial charge < -0.3 is 0 Å². The van der Waals surface area contributed by atoms with E-state index in [-0.39, 0.29) is 5.56 Å². The Labute approximate surface area is 168 Å². The molecule has 162 valence electrons. The summed E-state index contributed by atoms with van der Waals surface area (Å²) in [4.78, 5) is 21.6. The first-order valence-corrected chi connectivity index (χ1v) is 9.69. The number of nitro benzene ring substituents is 1. The molecule has 0 aliphatic carbocycles. The predicted octanol–water partition coefficient (Wildman–Crippen LogP) is 2.70. The Morgan fingerprint density at radius 3 is 2.43 bits per heavy atom. The number of carbonyl (C=O) groups is 1. The number of alkyl halides is 3. The van der Waals surface area contributed by atoms with E-state index in [9.17, 15) is 36.5 Å². The maximum atomic E-state index is 13.1. The molecule has 2 aromatic rings. The fraction of sp³-hybridized carbons (Fsp3) is 0.235. The minimum Gasteiger partial charge on any atom is -0.289 e. The molecule has 0 aliphatic heterocycles. The summed E-state index contributed by atoms with van der Waals surface area (Å²) in [5.41, 5.74) is -0.507. The van der Waals surface area contributed by atoms with Crippen molar-refractivity contribution >= 4 is 21.6 Å². The molecular weight excluding hydrogens is 431 g/mol. The zero-order valence-electron chi connectivity index (χ0n) is 15.3. The largest absolute Gasteiger partial charge is 0.416 e. The predicted molar refractivity (Wildman–Crippen MR) is 96.7 cm³/mol. The SMILES string of the molecule is C[C@@H](C(=O)NO)N(Cc1ccccc1[N+](=O)[O-])S(=O)(=O)c1cccc(C(F)(F)F)c1. The van der Waals surface area contributed by atoms with Crippen LogP contribution in [0.15, 0.2) is 53.4 Å². The third-order valence-electron chi connectivity index (χ3n) is 4.20. The van der Waals surface area contributed by atoms with E-state index in [1.807, 2.05) is 0 Å². The number of hydrogen-bond donors (Lipinski definition) is 2. The van der Waals surface area contributed by atoms with Crippen LogP contribution in [-0.2, 0) is 27.5 Å². The zero-order chi connectivity index (χ0) is 22.7. The van der Waals surface area contributed by atoms with Gasteiger partial charge in [0.2, 0.25) is 10.0 Å². The fourth-order valence-electron chi connectivity index (χ4n) is 2.61. The maximum Gasteiger partial charge on any atom is 0.416 e. The van der Waals surface area contributed by atoms with Crippen LogP contribution in [0.1, 0.15) is 18.1 Å². The molecule has 1 atom stereocenters. The summed E-state index contributed by atoms with van der Waals surface area (Å²) in [7, 11) is -4.74. The number of para-hydroxylation sites is 1. The molecule has 0 bridgehead atoms. The van der Waals surface area contributed by atoms with Crippen molar-refractivity contribution in [1.82, 2.24) is 9.79 Å².